The van der Waals surface area contributed by atoms with Crippen LogP contribution in [-0.2, 0) is 22.7 Å². The van der Waals surface area contributed by atoms with E-state index in [1.807, 2.05) is 30.3 Å². The number of fused-ring (bicyclic) bond motifs is 1. The number of ether oxygens (including phenoxy) is 3. The largest absolute Gasteiger partial charge is 0.497 e. The second-order valence-corrected chi connectivity index (χ2v) is 6.04. The maximum Gasteiger partial charge on any atom is 0.142 e. The van der Waals surface area contributed by atoms with E-state index in [0.717, 1.165) is 39.9 Å². The lowest BCUT2D eigenvalue weighted by molar-refractivity contribution is -0.104. The predicted molar refractivity (Wildman–Crippen MR) is 105 cm³/mol. The first-order valence-electron chi connectivity index (χ1n) is 8.73. The van der Waals surface area contributed by atoms with Gasteiger partial charge in [-0.1, -0.05) is 24.3 Å². The molecule has 0 amide bonds. The number of allylic oxidation sites excluding steroid dienone is 1. The van der Waals surface area contributed by atoms with Crippen molar-refractivity contribution < 1.29 is 19.0 Å². The third kappa shape index (κ3) is 4.38. The van der Waals surface area contributed by atoms with Crippen LogP contribution in [0, 0.1) is 0 Å². The molecule has 0 aliphatic rings. The number of benzene rings is 2. The van der Waals surface area contributed by atoms with E-state index in [-0.39, 0.29) is 0 Å². The minimum atomic E-state index is 0.395. The molecule has 0 bridgehead atoms. The Bertz CT molecular complexity index is 943. The molecular weight excluding hydrogens is 342 g/mol. The number of methoxy groups -OCH3 is 2. The number of nitrogens with zero attached hydrogens (tertiary/aromatic N) is 1. The van der Waals surface area contributed by atoms with E-state index >= 15 is 0 Å². The molecule has 2 aromatic carbocycles. The second-order valence-electron chi connectivity index (χ2n) is 6.04. The molecule has 3 rings (SSSR count). The van der Waals surface area contributed by atoms with Gasteiger partial charge in [0.25, 0.3) is 0 Å². The Morgan fingerprint density at radius 2 is 1.89 bits per heavy atom. The highest BCUT2D eigenvalue weighted by molar-refractivity contribution is 5.81. The molecule has 27 heavy (non-hydrogen) atoms. The van der Waals surface area contributed by atoms with Crippen molar-refractivity contribution in [3.05, 3.63) is 71.9 Å². The zero-order valence-corrected chi connectivity index (χ0v) is 15.6. The van der Waals surface area contributed by atoms with Gasteiger partial charge in [0.05, 0.1) is 34.0 Å². The number of para-hydroxylation sites is 1. The van der Waals surface area contributed by atoms with E-state index in [4.69, 9.17) is 14.2 Å². The minimum Gasteiger partial charge on any atom is -0.497 e. The topological polar surface area (TPSA) is 49.7 Å². The van der Waals surface area contributed by atoms with E-state index in [2.05, 4.69) is 22.8 Å². The van der Waals surface area contributed by atoms with Crippen molar-refractivity contribution >= 4 is 17.2 Å². The number of aldehydes is 1. The number of hydrogen-bond donors (Lipinski definition) is 0. The Balaban J connectivity index is 1.91. The van der Waals surface area contributed by atoms with Crippen LogP contribution in [0.1, 0.15) is 11.3 Å². The van der Waals surface area contributed by atoms with Crippen LogP contribution in [0.4, 0.5) is 0 Å². The van der Waals surface area contributed by atoms with Gasteiger partial charge in [0, 0.05) is 22.8 Å². The summed E-state index contributed by atoms with van der Waals surface area (Å²) in [6, 6.07) is 16.2. The Labute approximate surface area is 158 Å². The fourth-order valence-electron chi connectivity index (χ4n) is 3.07. The molecule has 0 aliphatic heterocycles. The van der Waals surface area contributed by atoms with Crippen LogP contribution in [0.3, 0.4) is 0 Å². The lowest BCUT2D eigenvalue weighted by atomic mass is 10.2. The van der Waals surface area contributed by atoms with E-state index < -0.39 is 0 Å². The standard InChI is InChI=1S/C22H23NO4/c1-25-20-10-9-18(22(14-20)26-2)15-23-19(16-27-12-6-5-11-24)13-17-7-3-4-8-21(17)23/h3-11,13-14H,12,15-16H2,1-2H3/b6-5+. The van der Waals surface area contributed by atoms with Crippen LogP contribution in [0.25, 0.3) is 10.9 Å². The van der Waals surface area contributed by atoms with E-state index in [0.29, 0.717) is 19.8 Å². The SMILES string of the molecule is COc1ccc(Cn2c(COC/C=C/C=O)cc3ccccc32)c(OC)c1. The van der Waals surface area contributed by atoms with Gasteiger partial charge in [0.1, 0.15) is 17.8 Å². The number of rotatable bonds is 9. The fraction of sp³-hybridized carbons (Fsp3) is 0.227. The molecule has 0 N–H and O–H groups in total. The first-order chi connectivity index (χ1) is 13.3. The normalized spacial score (nSPS) is 11.2. The molecule has 0 saturated heterocycles. The van der Waals surface area contributed by atoms with Crippen LogP contribution < -0.4 is 9.47 Å². The van der Waals surface area contributed by atoms with Gasteiger partial charge in [-0.15, -0.1) is 0 Å². The van der Waals surface area contributed by atoms with E-state index in [1.54, 1.807) is 20.3 Å². The first kappa shape index (κ1) is 18.7. The highest BCUT2D eigenvalue weighted by atomic mass is 16.5. The zero-order valence-electron chi connectivity index (χ0n) is 15.6. The Kier molecular flexibility index (Phi) is 6.28. The maximum absolute atomic E-state index is 10.4. The van der Waals surface area contributed by atoms with Gasteiger partial charge >= 0.3 is 0 Å². The minimum absolute atomic E-state index is 0.395. The molecule has 0 saturated carbocycles. The molecule has 5 nitrogen and oxygen atoms in total. The van der Waals surface area contributed by atoms with Crippen LogP contribution in [0.5, 0.6) is 11.5 Å². The van der Waals surface area contributed by atoms with Crippen LogP contribution in [0.15, 0.2) is 60.7 Å². The third-order valence-corrected chi connectivity index (χ3v) is 4.40. The first-order valence-corrected chi connectivity index (χ1v) is 8.73. The molecule has 1 aromatic heterocycles. The molecule has 0 radical (unpaired) electrons. The molecule has 0 atom stereocenters. The van der Waals surface area contributed by atoms with Gasteiger partial charge in [0.2, 0.25) is 0 Å². The molecule has 1 heterocycles. The average Bonchev–Trinajstić information content (AvgIpc) is 3.05. The summed E-state index contributed by atoms with van der Waals surface area (Å²) >= 11 is 0. The Hall–Kier alpha value is -3.05. The quantitative estimate of drug-likeness (QED) is 0.327. The summed E-state index contributed by atoms with van der Waals surface area (Å²) in [5, 5.41) is 1.16. The van der Waals surface area contributed by atoms with Crippen molar-refractivity contribution in [2.24, 2.45) is 0 Å². The van der Waals surface area contributed by atoms with Crippen molar-refractivity contribution in [2.45, 2.75) is 13.2 Å². The van der Waals surface area contributed by atoms with Gasteiger partial charge in [-0.25, -0.2) is 0 Å². The van der Waals surface area contributed by atoms with Crippen LogP contribution >= 0.6 is 0 Å². The zero-order chi connectivity index (χ0) is 19.1. The molecule has 0 fully saturated rings. The summed E-state index contributed by atoms with van der Waals surface area (Å²) in [5.41, 5.74) is 3.26. The highest BCUT2D eigenvalue weighted by Gasteiger charge is 2.12. The van der Waals surface area contributed by atoms with Crippen molar-refractivity contribution in [3.8, 4) is 11.5 Å². The third-order valence-electron chi connectivity index (χ3n) is 4.40. The predicted octanol–water partition coefficient (Wildman–Crippen LogP) is 3.98. The highest BCUT2D eigenvalue weighted by Crippen LogP contribution is 2.28. The summed E-state index contributed by atoms with van der Waals surface area (Å²) in [6.45, 7) is 1.51. The molecule has 0 aliphatic carbocycles. The van der Waals surface area contributed by atoms with Crippen molar-refractivity contribution in [1.82, 2.24) is 4.57 Å². The molecule has 0 unspecified atom stereocenters. The van der Waals surface area contributed by atoms with Gasteiger partial charge in [-0.2, -0.15) is 0 Å². The number of carbonyl (C=O) groups excluding carboxylic acids is 1. The summed E-state index contributed by atoms with van der Waals surface area (Å²) in [4.78, 5) is 10.4. The van der Waals surface area contributed by atoms with Gasteiger partial charge in [0.15, 0.2) is 0 Å². The molecule has 3 aromatic rings. The van der Waals surface area contributed by atoms with Gasteiger partial charge < -0.3 is 18.8 Å². The van der Waals surface area contributed by atoms with Crippen LogP contribution in [-0.4, -0.2) is 31.7 Å². The lowest BCUT2D eigenvalue weighted by Crippen LogP contribution is -2.07. The second kappa shape index (κ2) is 9.05. The average molecular weight is 365 g/mol. The molecular formula is C22H23NO4. The maximum atomic E-state index is 10.4. The molecule has 0 spiro atoms. The summed E-state index contributed by atoms with van der Waals surface area (Å²) in [5.74, 6) is 1.55. The summed E-state index contributed by atoms with van der Waals surface area (Å²) in [7, 11) is 3.30. The Morgan fingerprint density at radius 1 is 1.04 bits per heavy atom. The van der Waals surface area contributed by atoms with Gasteiger partial charge in [-0.3, -0.25) is 4.79 Å². The number of aromatic nitrogens is 1. The van der Waals surface area contributed by atoms with Crippen molar-refractivity contribution in [3.63, 3.8) is 0 Å². The monoisotopic (exact) mass is 365 g/mol. The number of carbonyl (C=O) groups is 1. The summed E-state index contributed by atoms with van der Waals surface area (Å²) < 4.78 is 18.8. The number of hydrogen-bond acceptors (Lipinski definition) is 4. The molecule has 140 valence electrons. The van der Waals surface area contributed by atoms with Gasteiger partial charge in [-0.05, 0) is 35.7 Å². The van der Waals surface area contributed by atoms with E-state index in [1.165, 1.54) is 6.08 Å². The van der Waals surface area contributed by atoms with Crippen molar-refractivity contribution in [1.29, 1.82) is 0 Å². The lowest BCUT2D eigenvalue weighted by Gasteiger charge is -2.15. The summed E-state index contributed by atoms with van der Waals surface area (Å²) in [6.07, 6.45) is 3.89. The fourth-order valence-corrected chi connectivity index (χ4v) is 3.07. The van der Waals surface area contributed by atoms with E-state index in [9.17, 15) is 4.79 Å². The smallest absolute Gasteiger partial charge is 0.142 e. The molecule has 5 heteroatoms. The Morgan fingerprint density at radius 3 is 2.67 bits per heavy atom. The van der Waals surface area contributed by atoms with Crippen molar-refractivity contribution in [2.75, 3.05) is 20.8 Å². The van der Waals surface area contributed by atoms with Crippen LogP contribution in [0.2, 0.25) is 0 Å².